The Balaban J connectivity index is 1.86. The average Bonchev–Trinajstić information content (AvgIpc) is 3.07. The minimum atomic E-state index is -3.45. The summed E-state index contributed by atoms with van der Waals surface area (Å²) >= 11 is 0. The highest BCUT2D eigenvalue weighted by Gasteiger charge is 2.26. The van der Waals surface area contributed by atoms with E-state index in [9.17, 15) is 13.2 Å². The summed E-state index contributed by atoms with van der Waals surface area (Å²) in [4.78, 5) is 11.9. The van der Waals surface area contributed by atoms with Gasteiger partial charge in [0.25, 0.3) is 0 Å². The zero-order valence-corrected chi connectivity index (χ0v) is 12.8. The van der Waals surface area contributed by atoms with Crippen LogP contribution in [-0.2, 0) is 26.1 Å². The molecule has 21 heavy (non-hydrogen) atoms. The molecule has 0 aromatic carbocycles. The van der Waals surface area contributed by atoms with Crippen LogP contribution in [0.2, 0.25) is 0 Å². The summed E-state index contributed by atoms with van der Waals surface area (Å²) in [6.07, 6.45) is 4.23. The van der Waals surface area contributed by atoms with E-state index in [1.807, 2.05) is 0 Å². The molecule has 2 rings (SSSR count). The highest BCUT2D eigenvalue weighted by Crippen LogP contribution is 2.14. The van der Waals surface area contributed by atoms with Crippen LogP contribution in [0.15, 0.2) is 22.8 Å². The fourth-order valence-corrected chi connectivity index (χ4v) is 2.94. The number of ether oxygens (including phenoxy) is 1. The van der Waals surface area contributed by atoms with Gasteiger partial charge >= 0.3 is 0 Å². The fourth-order valence-electron chi connectivity index (χ4n) is 2.15. The second-order valence-electron chi connectivity index (χ2n) is 5.05. The topological polar surface area (TPSA) is 88.9 Å². The molecular weight excluding hydrogens is 296 g/mol. The minimum Gasteiger partial charge on any atom is -0.467 e. The van der Waals surface area contributed by atoms with E-state index in [2.05, 4.69) is 5.32 Å². The number of sulfonamides is 1. The molecule has 8 heteroatoms. The second kappa shape index (κ2) is 7.06. The molecule has 7 nitrogen and oxygen atoms in total. The first-order valence-corrected chi connectivity index (χ1v) is 8.66. The largest absolute Gasteiger partial charge is 0.467 e. The summed E-state index contributed by atoms with van der Waals surface area (Å²) in [6.45, 7) is 0.892. The van der Waals surface area contributed by atoms with Crippen molar-refractivity contribution in [3.8, 4) is 0 Å². The van der Waals surface area contributed by atoms with Crippen LogP contribution in [0.25, 0.3) is 0 Å². The lowest BCUT2D eigenvalue weighted by Crippen LogP contribution is -2.43. The summed E-state index contributed by atoms with van der Waals surface area (Å²) in [7, 11) is -3.45. The molecule has 0 spiro atoms. The molecule has 0 bridgehead atoms. The molecule has 1 aromatic rings. The van der Waals surface area contributed by atoms with Gasteiger partial charge in [0.1, 0.15) is 5.76 Å². The molecule has 1 N–H and O–H groups in total. The summed E-state index contributed by atoms with van der Waals surface area (Å²) in [5.74, 6) is 0.253. The Bertz CT molecular complexity index is 549. The monoisotopic (exact) mass is 316 g/mol. The van der Waals surface area contributed by atoms with Crippen molar-refractivity contribution in [2.75, 3.05) is 26.0 Å². The smallest absolute Gasteiger partial charge is 0.235 e. The predicted octanol–water partition coefficient (Wildman–Crippen LogP) is 0.336. The number of amides is 1. The molecule has 1 aliphatic heterocycles. The van der Waals surface area contributed by atoms with Crippen molar-refractivity contribution in [1.29, 1.82) is 0 Å². The Kier molecular flexibility index (Phi) is 5.38. The Labute approximate surface area is 124 Å². The first-order chi connectivity index (χ1) is 9.95. The van der Waals surface area contributed by atoms with Crippen LogP contribution in [0, 0.1) is 0 Å². The minimum absolute atomic E-state index is 0.127. The van der Waals surface area contributed by atoms with E-state index in [1.165, 1.54) is 6.26 Å². The second-order valence-corrected chi connectivity index (χ2v) is 7.03. The van der Waals surface area contributed by atoms with E-state index < -0.39 is 10.0 Å². The first kappa shape index (κ1) is 16.0. The third kappa shape index (κ3) is 5.14. The molecule has 0 radical (unpaired) electrons. The fraction of sp³-hybridized carbons (Fsp3) is 0.615. The van der Waals surface area contributed by atoms with Crippen molar-refractivity contribution in [3.05, 3.63) is 24.2 Å². The van der Waals surface area contributed by atoms with Gasteiger partial charge in [-0.25, -0.2) is 8.42 Å². The Hall–Kier alpha value is -1.38. The van der Waals surface area contributed by atoms with E-state index in [0.717, 1.165) is 23.4 Å². The average molecular weight is 316 g/mol. The number of carbonyl (C=O) groups excluding carboxylic acids is 1. The van der Waals surface area contributed by atoms with E-state index >= 15 is 0 Å². The molecule has 0 saturated carbocycles. The van der Waals surface area contributed by atoms with Crippen molar-refractivity contribution in [1.82, 2.24) is 9.62 Å². The van der Waals surface area contributed by atoms with Gasteiger partial charge in [-0.1, -0.05) is 0 Å². The molecule has 2 heterocycles. The maximum absolute atomic E-state index is 11.9. The Morgan fingerprint density at radius 2 is 2.33 bits per heavy atom. The zero-order chi connectivity index (χ0) is 15.3. The summed E-state index contributed by atoms with van der Waals surface area (Å²) < 4.78 is 35.2. The highest BCUT2D eigenvalue weighted by molar-refractivity contribution is 7.88. The molecule has 1 atom stereocenters. The third-order valence-electron chi connectivity index (χ3n) is 3.26. The Morgan fingerprint density at radius 3 is 2.90 bits per heavy atom. The molecule has 1 aliphatic rings. The van der Waals surface area contributed by atoms with Crippen LogP contribution < -0.4 is 5.32 Å². The van der Waals surface area contributed by atoms with E-state index in [1.54, 1.807) is 12.1 Å². The van der Waals surface area contributed by atoms with Crippen LogP contribution >= 0.6 is 0 Å². The van der Waals surface area contributed by atoms with Gasteiger partial charge in [0, 0.05) is 13.2 Å². The van der Waals surface area contributed by atoms with Crippen LogP contribution in [0.4, 0.5) is 0 Å². The van der Waals surface area contributed by atoms with Gasteiger partial charge in [0.2, 0.25) is 15.9 Å². The Morgan fingerprint density at radius 1 is 1.52 bits per heavy atom. The maximum Gasteiger partial charge on any atom is 0.235 e. The SMILES string of the molecule is CS(=O)(=O)N(CC(=O)NCc1ccco1)CC1CCCO1. The molecule has 1 unspecified atom stereocenters. The highest BCUT2D eigenvalue weighted by atomic mass is 32.2. The van der Waals surface area contributed by atoms with Gasteiger partial charge in [-0.15, -0.1) is 0 Å². The van der Waals surface area contributed by atoms with Gasteiger partial charge in [-0.2, -0.15) is 4.31 Å². The van der Waals surface area contributed by atoms with E-state index in [0.29, 0.717) is 12.4 Å². The molecule has 1 fully saturated rings. The number of nitrogens with zero attached hydrogens (tertiary/aromatic N) is 1. The molecule has 1 amide bonds. The lowest BCUT2D eigenvalue weighted by Gasteiger charge is -2.22. The van der Waals surface area contributed by atoms with Crippen LogP contribution in [-0.4, -0.2) is 50.7 Å². The van der Waals surface area contributed by atoms with Crippen molar-refractivity contribution in [2.24, 2.45) is 0 Å². The normalized spacial score (nSPS) is 19.0. The maximum atomic E-state index is 11.9. The number of nitrogens with one attached hydrogen (secondary N) is 1. The molecule has 0 aliphatic carbocycles. The zero-order valence-electron chi connectivity index (χ0n) is 11.9. The van der Waals surface area contributed by atoms with E-state index in [-0.39, 0.29) is 31.6 Å². The summed E-state index contributed by atoms with van der Waals surface area (Å²) in [5, 5.41) is 2.63. The number of hydrogen-bond acceptors (Lipinski definition) is 5. The van der Waals surface area contributed by atoms with Gasteiger partial charge < -0.3 is 14.5 Å². The van der Waals surface area contributed by atoms with Crippen molar-refractivity contribution < 1.29 is 22.4 Å². The van der Waals surface area contributed by atoms with Gasteiger partial charge in [-0.3, -0.25) is 4.79 Å². The third-order valence-corrected chi connectivity index (χ3v) is 4.48. The van der Waals surface area contributed by atoms with Gasteiger partial charge in [0.15, 0.2) is 0 Å². The first-order valence-electron chi connectivity index (χ1n) is 6.81. The van der Waals surface area contributed by atoms with Crippen molar-refractivity contribution >= 4 is 15.9 Å². The quantitative estimate of drug-likeness (QED) is 0.783. The van der Waals surface area contributed by atoms with Gasteiger partial charge in [-0.05, 0) is 25.0 Å². The molecular formula is C13H20N2O5S. The molecule has 1 aromatic heterocycles. The number of furan rings is 1. The van der Waals surface area contributed by atoms with Crippen LogP contribution in [0.5, 0.6) is 0 Å². The number of hydrogen-bond donors (Lipinski definition) is 1. The lowest BCUT2D eigenvalue weighted by atomic mass is 10.2. The molecule has 118 valence electrons. The number of rotatable bonds is 7. The predicted molar refractivity (Wildman–Crippen MR) is 75.9 cm³/mol. The lowest BCUT2D eigenvalue weighted by molar-refractivity contribution is -0.121. The van der Waals surface area contributed by atoms with Crippen LogP contribution in [0.3, 0.4) is 0 Å². The summed E-state index contributed by atoms with van der Waals surface area (Å²) in [5.41, 5.74) is 0. The summed E-state index contributed by atoms with van der Waals surface area (Å²) in [6, 6.07) is 3.46. The molecule has 1 saturated heterocycles. The van der Waals surface area contributed by atoms with Crippen LogP contribution in [0.1, 0.15) is 18.6 Å². The van der Waals surface area contributed by atoms with Crippen molar-refractivity contribution in [2.45, 2.75) is 25.5 Å². The standard InChI is InChI=1S/C13H20N2O5S/c1-21(17,18)15(9-12-5-3-7-20-12)10-13(16)14-8-11-4-2-6-19-11/h2,4,6,12H,3,5,7-10H2,1H3,(H,14,16). The van der Waals surface area contributed by atoms with Crippen molar-refractivity contribution in [3.63, 3.8) is 0 Å². The number of carbonyl (C=O) groups is 1. The van der Waals surface area contributed by atoms with Gasteiger partial charge in [0.05, 0.1) is 31.7 Å². The van der Waals surface area contributed by atoms with E-state index in [4.69, 9.17) is 9.15 Å².